The minimum atomic E-state index is -3.09. The zero-order valence-electron chi connectivity index (χ0n) is 10.6. The Bertz CT molecular complexity index is 423. The second kappa shape index (κ2) is 6.77. The van der Waals surface area contributed by atoms with Gasteiger partial charge in [0, 0.05) is 0 Å². The van der Waals surface area contributed by atoms with E-state index in [9.17, 15) is 8.42 Å². The average molecular weight is 255 g/mol. The molecular weight excluding hydrogens is 234 g/mol. The molecule has 1 rings (SSSR count). The van der Waals surface area contributed by atoms with Gasteiger partial charge in [-0.2, -0.15) is 0 Å². The largest absolute Gasteiger partial charge is 0.317 e. The molecule has 0 atom stereocenters. The van der Waals surface area contributed by atoms with Crippen molar-refractivity contribution in [3.63, 3.8) is 0 Å². The molecule has 0 aromatic heterocycles. The molecule has 96 valence electrons. The van der Waals surface area contributed by atoms with Gasteiger partial charge in [0.15, 0.2) is 9.84 Å². The summed E-state index contributed by atoms with van der Waals surface area (Å²) in [7, 11) is -3.09. The summed E-state index contributed by atoms with van der Waals surface area (Å²) in [4.78, 5) is 0.437. The lowest BCUT2D eigenvalue weighted by atomic mass is 10.2. The van der Waals surface area contributed by atoms with Gasteiger partial charge in [-0.1, -0.05) is 24.6 Å². The molecule has 0 fully saturated rings. The van der Waals surface area contributed by atoms with E-state index in [0.717, 1.165) is 25.1 Å². The number of sulfone groups is 1. The van der Waals surface area contributed by atoms with E-state index in [1.165, 1.54) is 0 Å². The van der Waals surface area contributed by atoms with Crippen LogP contribution >= 0.6 is 0 Å². The van der Waals surface area contributed by atoms with Gasteiger partial charge in [0.1, 0.15) is 0 Å². The van der Waals surface area contributed by atoms with Gasteiger partial charge in [-0.3, -0.25) is 0 Å². The molecule has 0 saturated carbocycles. The van der Waals surface area contributed by atoms with Crippen molar-refractivity contribution in [1.29, 1.82) is 0 Å². The van der Waals surface area contributed by atoms with E-state index in [0.29, 0.717) is 11.3 Å². The maximum absolute atomic E-state index is 12.0. The Morgan fingerprint density at radius 1 is 1.12 bits per heavy atom. The molecule has 1 aromatic carbocycles. The molecule has 0 heterocycles. The topological polar surface area (TPSA) is 46.2 Å². The van der Waals surface area contributed by atoms with Crippen LogP contribution in [0.15, 0.2) is 29.2 Å². The SMILES string of the molecule is CCNCCCCS(=O)(=O)c1ccc(C)cc1. The van der Waals surface area contributed by atoms with E-state index in [4.69, 9.17) is 0 Å². The summed E-state index contributed by atoms with van der Waals surface area (Å²) in [6.45, 7) is 5.82. The fourth-order valence-electron chi connectivity index (χ4n) is 1.58. The smallest absolute Gasteiger partial charge is 0.178 e. The molecule has 0 radical (unpaired) electrons. The van der Waals surface area contributed by atoms with Gasteiger partial charge in [-0.25, -0.2) is 8.42 Å². The first-order valence-corrected chi connectivity index (χ1v) is 7.71. The molecule has 0 aliphatic carbocycles. The lowest BCUT2D eigenvalue weighted by molar-refractivity contribution is 0.588. The molecule has 1 N–H and O–H groups in total. The van der Waals surface area contributed by atoms with E-state index in [2.05, 4.69) is 5.32 Å². The Hall–Kier alpha value is -0.870. The summed E-state index contributed by atoms with van der Waals surface area (Å²) >= 11 is 0. The van der Waals surface area contributed by atoms with Gasteiger partial charge in [-0.05, 0) is 45.0 Å². The van der Waals surface area contributed by atoms with Crippen LogP contribution in [0.1, 0.15) is 25.3 Å². The van der Waals surface area contributed by atoms with Crippen LogP contribution in [0.3, 0.4) is 0 Å². The summed E-state index contributed by atoms with van der Waals surface area (Å²) in [5, 5.41) is 3.19. The highest BCUT2D eigenvalue weighted by atomic mass is 32.2. The maximum Gasteiger partial charge on any atom is 0.178 e. The van der Waals surface area contributed by atoms with Crippen LogP contribution in [0.25, 0.3) is 0 Å². The summed E-state index contributed by atoms with van der Waals surface area (Å²) in [6, 6.07) is 7.06. The Morgan fingerprint density at radius 3 is 2.35 bits per heavy atom. The fourth-order valence-corrected chi connectivity index (χ4v) is 2.95. The standard InChI is InChI=1S/C13H21NO2S/c1-3-14-10-4-5-11-17(15,16)13-8-6-12(2)7-9-13/h6-9,14H,3-5,10-11H2,1-2H3. The highest BCUT2D eigenvalue weighted by Gasteiger charge is 2.12. The Labute approximate surface area is 104 Å². The molecule has 0 unspecified atom stereocenters. The van der Waals surface area contributed by atoms with Crippen molar-refractivity contribution in [3.8, 4) is 0 Å². The quantitative estimate of drug-likeness (QED) is 0.759. The van der Waals surface area contributed by atoms with Crippen molar-refractivity contribution >= 4 is 9.84 Å². The van der Waals surface area contributed by atoms with E-state index in [-0.39, 0.29) is 5.75 Å². The molecule has 0 saturated heterocycles. The third-order valence-corrected chi connectivity index (χ3v) is 4.46. The molecule has 0 bridgehead atoms. The van der Waals surface area contributed by atoms with Crippen LogP contribution in [0.5, 0.6) is 0 Å². The monoisotopic (exact) mass is 255 g/mol. The predicted octanol–water partition coefficient (Wildman–Crippen LogP) is 2.16. The molecule has 0 aliphatic rings. The molecule has 17 heavy (non-hydrogen) atoms. The first-order valence-electron chi connectivity index (χ1n) is 6.06. The Balaban J connectivity index is 2.48. The minimum Gasteiger partial charge on any atom is -0.317 e. The van der Waals surface area contributed by atoms with Crippen molar-refractivity contribution in [2.45, 2.75) is 31.6 Å². The third-order valence-electron chi connectivity index (χ3n) is 2.65. The number of rotatable bonds is 7. The number of hydrogen-bond acceptors (Lipinski definition) is 3. The lowest BCUT2D eigenvalue weighted by Crippen LogP contribution is -2.15. The Morgan fingerprint density at radius 2 is 1.76 bits per heavy atom. The highest BCUT2D eigenvalue weighted by Crippen LogP contribution is 2.13. The number of aryl methyl sites for hydroxylation is 1. The van der Waals surface area contributed by atoms with Crippen LogP contribution in [-0.2, 0) is 9.84 Å². The summed E-state index contributed by atoms with van der Waals surface area (Å²) in [6.07, 6.45) is 1.61. The fraction of sp³-hybridized carbons (Fsp3) is 0.538. The van der Waals surface area contributed by atoms with Crippen LogP contribution in [0.2, 0.25) is 0 Å². The summed E-state index contributed by atoms with van der Waals surface area (Å²) < 4.78 is 23.9. The second-order valence-electron chi connectivity index (χ2n) is 4.19. The van der Waals surface area contributed by atoms with Gasteiger partial charge < -0.3 is 5.32 Å². The zero-order valence-corrected chi connectivity index (χ0v) is 11.4. The van der Waals surface area contributed by atoms with Gasteiger partial charge in [0.05, 0.1) is 10.6 Å². The van der Waals surface area contributed by atoms with E-state index >= 15 is 0 Å². The number of benzene rings is 1. The molecule has 0 amide bonds. The van der Waals surface area contributed by atoms with Crippen LogP contribution in [0, 0.1) is 6.92 Å². The third kappa shape index (κ3) is 4.88. The molecule has 4 heteroatoms. The van der Waals surface area contributed by atoms with Crippen molar-refractivity contribution < 1.29 is 8.42 Å². The Kier molecular flexibility index (Phi) is 5.65. The van der Waals surface area contributed by atoms with Crippen molar-refractivity contribution in [2.75, 3.05) is 18.8 Å². The maximum atomic E-state index is 12.0. The van der Waals surface area contributed by atoms with Crippen molar-refractivity contribution in [3.05, 3.63) is 29.8 Å². The van der Waals surface area contributed by atoms with E-state index < -0.39 is 9.84 Å². The second-order valence-corrected chi connectivity index (χ2v) is 6.30. The molecule has 0 aliphatic heterocycles. The highest BCUT2D eigenvalue weighted by molar-refractivity contribution is 7.91. The molecule has 0 spiro atoms. The van der Waals surface area contributed by atoms with Crippen LogP contribution < -0.4 is 5.32 Å². The first kappa shape index (κ1) is 14.2. The van der Waals surface area contributed by atoms with Gasteiger partial charge >= 0.3 is 0 Å². The van der Waals surface area contributed by atoms with Crippen molar-refractivity contribution in [2.24, 2.45) is 0 Å². The first-order chi connectivity index (χ1) is 8.06. The molecule has 1 aromatic rings. The van der Waals surface area contributed by atoms with E-state index in [1.807, 2.05) is 26.0 Å². The number of nitrogens with one attached hydrogen (secondary N) is 1. The van der Waals surface area contributed by atoms with Crippen LogP contribution in [0.4, 0.5) is 0 Å². The van der Waals surface area contributed by atoms with Gasteiger partial charge in [0.25, 0.3) is 0 Å². The van der Waals surface area contributed by atoms with Gasteiger partial charge in [0.2, 0.25) is 0 Å². The van der Waals surface area contributed by atoms with Crippen molar-refractivity contribution in [1.82, 2.24) is 5.32 Å². The summed E-state index contributed by atoms with van der Waals surface area (Å²) in [5.41, 5.74) is 1.08. The van der Waals surface area contributed by atoms with E-state index in [1.54, 1.807) is 12.1 Å². The number of hydrogen-bond donors (Lipinski definition) is 1. The number of unbranched alkanes of at least 4 members (excludes halogenated alkanes) is 1. The molecular formula is C13H21NO2S. The summed E-state index contributed by atoms with van der Waals surface area (Å²) in [5.74, 6) is 0.238. The molecule has 3 nitrogen and oxygen atoms in total. The average Bonchev–Trinajstić information content (AvgIpc) is 2.29. The zero-order chi connectivity index (χ0) is 12.7. The normalized spacial score (nSPS) is 11.6. The van der Waals surface area contributed by atoms with Crippen LogP contribution in [-0.4, -0.2) is 27.3 Å². The lowest BCUT2D eigenvalue weighted by Gasteiger charge is -2.05. The van der Waals surface area contributed by atoms with Gasteiger partial charge in [-0.15, -0.1) is 0 Å². The minimum absolute atomic E-state index is 0.238. The predicted molar refractivity (Wildman–Crippen MR) is 71.0 cm³/mol.